The third-order valence-electron chi connectivity index (χ3n) is 9.77. The van der Waals surface area contributed by atoms with Crippen LogP contribution in [0.4, 0.5) is 0 Å². The van der Waals surface area contributed by atoms with Crippen molar-refractivity contribution in [3.05, 3.63) is 23.8 Å². The van der Waals surface area contributed by atoms with Crippen LogP contribution in [0, 0.1) is 46.8 Å². The van der Waals surface area contributed by atoms with Gasteiger partial charge in [-0.2, -0.15) is 0 Å². The minimum atomic E-state index is 0.0699. The number of carbonyl (C=O) groups is 1. The van der Waals surface area contributed by atoms with Crippen molar-refractivity contribution in [2.24, 2.45) is 46.8 Å². The average Bonchev–Trinajstić information content (AvgIpc) is 3.21. The largest absolute Gasteiger partial charge is 0.366 e. The zero-order valence-electron chi connectivity index (χ0n) is 16.2. The number of fused-ring (bicyclic) bond motifs is 9. The van der Waals surface area contributed by atoms with Gasteiger partial charge >= 0.3 is 0 Å². The molecule has 1 spiro atoms. The molecule has 0 bridgehead atoms. The first-order valence-corrected chi connectivity index (χ1v) is 11.2. The molecule has 140 valence electrons. The van der Waals surface area contributed by atoms with E-state index in [2.05, 4.69) is 26.0 Å². The highest BCUT2D eigenvalue weighted by Crippen LogP contribution is 2.78. The first-order chi connectivity index (χ1) is 12.6. The number of ketones is 1. The van der Waals surface area contributed by atoms with Crippen LogP contribution >= 0.6 is 0 Å². The SMILES string of the molecule is CC[C@]12CCC3C(C(C)CC4=CC(=O)CC[C@@H]43)C1C1CC1[C@@]21C=CCO1. The van der Waals surface area contributed by atoms with E-state index in [1.807, 2.05) is 6.08 Å². The first-order valence-electron chi connectivity index (χ1n) is 11.2. The van der Waals surface area contributed by atoms with Gasteiger partial charge in [-0.05, 0) is 86.0 Å². The molecule has 0 radical (unpaired) electrons. The van der Waals surface area contributed by atoms with Crippen LogP contribution in [-0.4, -0.2) is 18.0 Å². The summed E-state index contributed by atoms with van der Waals surface area (Å²) in [4.78, 5) is 12.0. The molecule has 5 aliphatic carbocycles. The van der Waals surface area contributed by atoms with Crippen LogP contribution in [0.2, 0.25) is 0 Å². The summed E-state index contributed by atoms with van der Waals surface area (Å²) in [5.41, 5.74) is 1.96. The Balaban J connectivity index is 1.43. The Morgan fingerprint density at radius 3 is 2.92 bits per heavy atom. The van der Waals surface area contributed by atoms with Crippen LogP contribution in [0.5, 0.6) is 0 Å². The summed E-state index contributed by atoms with van der Waals surface area (Å²) in [6, 6.07) is 0. The van der Waals surface area contributed by atoms with E-state index in [9.17, 15) is 4.79 Å². The molecule has 2 heteroatoms. The van der Waals surface area contributed by atoms with Gasteiger partial charge in [-0.3, -0.25) is 4.79 Å². The normalized spacial score (nSPS) is 56.6. The highest BCUT2D eigenvalue weighted by atomic mass is 16.5. The fourth-order valence-corrected chi connectivity index (χ4v) is 9.05. The maximum absolute atomic E-state index is 12.0. The fraction of sp³-hybridized carbons (Fsp3) is 0.792. The van der Waals surface area contributed by atoms with Crippen LogP contribution in [0.3, 0.4) is 0 Å². The van der Waals surface area contributed by atoms with E-state index >= 15 is 0 Å². The molecule has 4 saturated carbocycles. The smallest absolute Gasteiger partial charge is 0.155 e. The Bertz CT molecular complexity index is 720. The number of ether oxygens (including phenoxy) is 1. The summed E-state index contributed by atoms with van der Waals surface area (Å²) in [6.07, 6.45) is 15.3. The van der Waals surface area contributed by atoms with E-state index in [0.717, 1.165) is 55.0 Å². The molecular weight excluding hydrogens is 320 g/mol. The van der Waals surface area contributed by atoms with Crippen molar-refractivity contribution in [3.63, 3.8) is 0 Å². The lowest BCUT2D eigenvalue weighted by Crippen LogP contribution is -2.57. The van der Waals surface area contributed by atoms with Crippen molar-refractivity contribution >= 4 is 5.78 Å². The molecule has 0 aromatic heterocycles. The van der Waals surface area contributed by atoms with Gasteiger partial charge in [0.25, 0.3) is 0 Å². The van der Waals surface area contributed by atoms with Gasteiger partial charge in [-0.25, -0.2) is 0 Å². The van der Waals surface area contributed by atoms with Crippen LogP contribution in [0.1, 0.15) is 58.8 Å². The zero-order chi connectivity index (χ0) is 17.7. The molecule has 26 heavy (non-hydrogen) atoms. The van der Waals surface area contributed by atoms with E-state index in [1.54, 1.807) is 0 Å². The lowest BCUT2D eigenvalue weighted by molar-refractivity contribution is -0.150. The number of allylic oxidation sites excluding steroid dienone is 1. The van der Waals surface area contributed by atoms with E-state index in [1.165, 1.54) is 37.7 Å². The maximum Gasteiger partial charge on any atom is 0.155 e. The lowest BCUT2D eigenvalue weighted by Gasteiger charge is -2.60. The summed E-state index contributed by atoms with van der Waals surface area (Å²) in [6.45, 7) is 5.76. The fourth-order valence-electron chi connectivity index (χ4n) is 9.05. The quantitative estimate of drug-likeness (QED) is 0.625. The third-order valence-corrected chi connectivity index (χ3v) is 9.77. The number of hydrogen-bond acceptors (Lipinski definition) is 2. The van der Waals surface area contributed by atoms with Crippen LogP contribution in [0.25, 0.3) is 0 Å². The monoisotopic (exact) mass is 352 g/mol. The van der Waals surface area contributed by atoms with Gasteiger partial charge in [0, 0.05) is 11.8 Å². The summed E-state index contributed by atoms with van der Waals surface area (Å²) >= 11 is 0. The molecule has 4 fully saturated rings. The van der Waals surface area contributed by atoms with Gasteiger partial charge in [0.05, 0.1) is 12.2 Å². The maximum atomic E-state index is 12.0. The van der Waals surface area contributed by atoms with Crippen molar-refractivity contribution in [1.82, 2.24) is 0 Å². The highest BCUT2D eigenvalue weighted by molar-refractivity contribution is 5.91. The average molecular weight is 353 g/mol. The standard InChI is InChI=1S/C24H32O2/c1-3-23-9-7-18-17-6-5-16(25)12-15(17)11-14(2)21(18)22(23)19-13-20(19)24(23)8-4-10-26-24/h4,8,12,14,17-22H,3,5-7,9-11,13H2,1-2H3/t14?,17-,18?,19?,20?,21?,22?,23-,24-/m0/s1. The molecule has 0 amide bonds. The molecule has 6 aliphatic rings. The number of rotatable bonds is 1. The predicted molar refractivity (Wildman–Crippen MR) is 101 cm³/mol. The number of hydrogen-bond donors (Lipinski definition) is 0. The Morgan fingerprint density at radius 1 is 1.27 bits per heavy atom. The second kappa shape index (κ2) is 5.13. The molecular formula is C24H32O2. The van der Waals surface area contributed by atoms with Gasteiger partial charge in [0.1, 0.15) is 0 Å². The second-order valence-electron chi connectivity index (χ2n) is 10.3. The van der Waals surface area contributed by atoms with Gasteiger partial charge in [-0.15, -0.1) is 0 Å². The van der Waals surface area contributed by atoms with Crippen molar-refractivity contribution in [2.45, 2.75) is 64.4 Å². The van der Waals surface area contributed by atoms with Gasteiger partial charge in [0.15, 0.2) is 5.78 Å². The van der Waals surface area contributed by atoms with E-state index in [4.69, 9.17) is 4.74 Å². The Hall–Kier alpha value is -0.890. The highest BCUT2D eigenvalue weighted by Gasteiger charge is 2.77. The molecule has 0 aromatic carbocycles. The summed E-state index contributed by atoms with van der Waals surface area (Å²) in [7, 11) is 0. The van der Waals surface area contributed by atoms with Gasteiger partial charge < -0.3 is 4.74 Å². The minimum absolute atomic E-state index is 0.0699. The lowest BCUT2D eigenvalue weighted by atomic mass is 9.46. The summed E-state index contributed by atoms with van der Waals surface area (Å²) < 4.78 is 6.59. The topological polar surface area (TPSA) is 26.3 Å². The van der Waals surface area contributed by atoms with Crippen molar-refractivity contribution in [3.8, 4) is 0 Å². The number of carbonyl (C=O) groups excluding carboxylic acids is 1. The van der Waals surface area contributed by atoms with Crippen molar-refractivity contribution in [2.75, 3.05) is 6.61 Å². The first kappa shape index (κ1) is 16.1. The molecule has 9 atom stereocenters. The zero-order valence-corrected chi connectivity index (χ0v) is 16.2. The minimum Gasteiger partial charge on any atom is -0.366 e. The van der Waals surface area contributed by atoms with Gasteiger partial charge in [-0.1, -0.05) is 31.6 Å². The molecule has 6 rings (SSSR count). The molecule has 2 nitrogen and oxygen atoms in total. The summed E-state index contributed by atoms with van der Waals surface area (Å²) in [5, 5.41) is 0. The third kappa shape index (κ3) is 1.72. The molecule has 1 heterocycles. The molecule has 0 N–H and O–H groups in total. The van der Waals surface area contributed by atoms with E-state index in [-0.39, 0.29) is 5.60 Å². The van der Waals surface area contributed by atoms with Crippen LogP contribution in [-0.2, 0) is 9.53 Å². The van der Waals surface area contributed by atoms with E-state index in [0.29, 0.717) is 17.1 Å². The Morgan fingerprint density at radius 2 is 2.15 bits per heavy atom. The Kier molecular flexibility index (Phi) is 3.18. The van der Waals surface area contributed by atoms with E-state index < -0.39 is 0 Å². The Labute approximate surface area is 157 Å². The summed E-state index contributed by atoms with van der Waals surface area (Å²) in [5.74, 6) is 6.05. The van der Waals surface area contributed by atoms with Crippen LogP contribution < -0.4 is 0 Å². The second-order valence-corrected chi connectivity index (χ2v) is 10.3. The predicted octanol–water partition coefficient (Wildman–Crippen LogP) is 4.95. The molecule has 1 aliphatic heterocycles. The molecule has 0 saturated heterocycles. The van der Waals surface area contributed by atoms with Crippen molar-refractivity contribution in [1.29, 1.82) is 0 Å². The molecule has 0 aromatic rings. The van der Waals surface area contributed by atoms with Crippen molar-refractivity contribution < 1.29 is 9.53 Å². The van der Waals surface area contributed by atoms with Crippen LogP contribution in [0.15, 0.2) is 23.8 Å². The van der Waals surface area contributed by atoms with Gasteiger partial charge in [0.2, 0.25) is 0 Å². The molecule has 6 unspecified atom stereocenters.